The van der Waals surface area contributed by atoms with E-state index in [2.05, 4.69) is 10.3 Å². The Hall–Kier alpha value is -2.21. The van der Waals surface area contributed by atoms with Crippen LogP contribution in [0, 0.1) is 20.8 Å². The van der Waals surface area contributed by atoms with Crippen LogP contribution in [-0.4, -0.2) is 16.6 Å². The molecular formula is C16H16N2O3S. The molecule has 22 heavy (non-hydrogen) atoms. The molecule has 3 rings (SSSR count). The number of oxazole rings is 1. The van der Waals surface area contributed by atoms with E-state index in [1.807, 2.05) is 45.0 Å². The predicted octanol–water partition coefficient (Wildman–Crippen LogP) is 4.08. The van der Waals surface area contributed by atoms with Gasteiger partial charge in [-0.2, -0.15) is 0 Å². The van der Waals surface area contributed by atoms with Crippen molar-refractivity contribution in [1.82, 2.24) is 4.98 Å². The number of thioether (sulfide) groups is 1. The molecule has 1 aromatic carbocycles. The lowest BCUT2D eigenvalue weighted by atomic mass is 10.2. The fourth-order valence-corrected chi connectivity index (χ4v) is 2.82. The molecule has 0 aliphatic carbocycles. The molecule has 0 radical (unpaired) electrons. The number of nitrogens with zero attached hydrogens (tertiary/aromatic N) is 1. The normalized spacial score (nSPS) is 11.0. The minimum atomic E-state index is -0.125. The average Bonchev–Trinajstić information content (AvgIpc) is 3.00. The molecule has 0 saturated heterocycles. The van der Waals surface area contributed by atoms with Crippen molar-refractivity contribution in [3.8, 4) is 0 Å². The van der Waals surface area contributed by atoms with E-state index in [1.165, 1.54) is 11.8 Å². The molecule has 0 fully saturated rings. The summed E-state index contributed by atoms with van der Waals surface area (Å²) in [6.07, 6.45) is 0. The molecule has 0 saturated carbocycles. The number of rotatable bonds is 4. The zero-order valence-corrected chi connectivity index (χ0v) is 13.4. The molecule has 0 spiro atoms. The summed E-state index contributed by atoms with van der Waals surface area (Å²) >= 11 is 1.27. The summed E-state index contributed by atoms with van der Waals surface area (Å²) in [5.74, 6) is 1.70. The van der Waals surface area contributed by atoms with Crippen LogP contribution >= 0.6 is 11.8 Å². The van der Waals surface area contributed by atoms with Gasteiger partial charge in [0.1, 0.15) is 11.5 Å². The van der Waals surface area contributed by atoms with Gasteiger partial charge in [-0.05, 0) is 32.9 Å². The maximum Gasteiger partial charge on any atom is 0.256 e. The lowest BCUT2D eigenvalue weighted by molar-refractivity contribution is -0.113. The number of hydrogen-bond donors (Lipinski definition) is 1. The van der Waals surface area contributed by atoms with Gasteiger partial charge in [0.05, 0.1) is 17.1 Å². The lowest BCUT2D eigenvalue weighted by Gasteiger charge is -2.04. The zero-order chi connectivity index (χ0) is 15.7. The number of carbonyl (C=O) groups excluding carboxylic acids is 1. The fraction of sp³-hybridized carbons (Fsp3) is 0.250. The third-order valence-corrected chi connectivity index (χ3v) is 4.11. The van der Waals surface area contributed by atoms with Crippen molar-refractivity contribution in [2.75, 3.05) is 11.1 Å². The highest BCUT2D eigenvalue weighted by atomic mass is 32.2. The number of amides is 1. The van der Waals surface area contributed by atoms with Gasteiger partial charge in [0.15, 0.2) is 5.58 Å². The van der Waals surface area contributed by atoms with Crippen molar-refractivity contribution in [3.63, 3.8) is 0 Å². The number of hydrogen-bond acceptors (Lipinski definition) is 5. The van der Waals surface area contributed by atoms with Crippen LogP contribution in [0.4, 0.5) is 5.69 Å². The van der Waals surface area contributed by atoms with Gasteiger partial charge < -0.3 is 14.2 Å². The number of anilines is 1. The maximum absolute atomic E-state index is 12.1. The van der Waals surface area contributed by atoms with E-state index in [4.69, 9.17) is 8.83 Å². The standard InChI is InChI=1S/C16H16N2O3S/c1-9-7-12-5-4-6-13(15(12)20-9)18-14(19)8-22-16-17-10(2)11(3)21-16/h4-7H,8H2,1-3H3,(H,18,19). The van der Waals surface area contributed by atoms with Gasteiger partial charge in [-0.25, -0.2) is 4.98 Å². The Bertz CT molecular complexity index is 816. The molecule has 0 aliphatic heterocycles. The summed E-state index contributed by atoms with van der Waals surface area (Å²) in [5.41, 5.74) is 2.22. The summed E-state index contributed by atoms with van der Waals surface area (Å²) in [6, 6.07) is 7.61. The fourth-order valence-electron chi connectivity index (χ4n) is 2.11. The Morgan fingerprint density at radius 1 is 1.27 bits per heavy atom. The number of para-hydroxylation sites is 1. The van der Waals surface area contributed by atoms with Crippen molar-refractivity contribution >= 4 is 34.3 Å². The number of aryl methyl sites for hydroxylation is 3. The summed E-state index contributed by atoms with van der Waals surface area (Å²) in [6.45, 7) is 5.62. The molecule has 0 atom stereocenters. The van der Waals surface area contributed by atoms with Gasteiger partial charge in [-0.1, -0.05) is 23.9 Å². The number of fused-ring (bicyclic) bond motifs is 1. The van der Waals surface area contributed by atoms with Crippen LogP contribution in [-0.2, 0) is 4.79 Å². The van der Waals surface area contributed by atoms with E-state index in [0.717, 1.165) is 22.6 Å². The van der Waals surface area contributed by atoms with Crippen molar-refractivity contribution < 1.29 is 13.6 Å². The van der Waals surface area contributed by atoms with E-state index in [9.17, 15) is 4.79 Å². The van der Waals surface area contributed by atoms with Crippen molar-refractivity contribution in [2.45, 2.75) is 26.0 Å². The van der Waals surface area contributed by atoms with E-state index >= 15 is 0 Å². The molecule has 1 amide bonds. The quantitative estimate of drug-likeness (QED) is 0.735. The second-order valence-electron chi connectivity index (χ2n) is 5.04. The first-order chi connectivity index (χ1) is 10.5. The Morgan fingerprint density at radius 3 is 2.82 bits per heavy atom. The number of nitrogens with one attached hydrogen (secondary N) is 1. The molecule has 6 heteroatoms. The van der Waals surface area contributed by atoms with Gasteiger partial charge in [0.25, 0.3) is 5.22 Å². The molecule has 114 valence electrons. The van der Waals surface area contributed by atoms with Crippen LogP contribution in [0.5, 0.6) is 0 Å². The minimum absolute atomic E-state index is 0.125. The number of benzene rings is 1. The first-order valence-corrected chi connectivity index (χ1v) is 7.87. The van der Waals surface area contributed by atoms with Crippen LogP contribution < -0.4 is 5.32 Å². The first kappa shape index (κ1) is 14.7. The van der Waals surface area contributed by atoms with Crippen molar-refractivity contribution in [3.05, 3.63) is 41.5 Å². The third-order valence-electron chi connectivity index (χ3n) is 3.28. The molecule has 0 bridgehead atoms. The summed E-state index contributed by atoms with van der Waals surface area (Å²) in [7, 11) is 0. The Morgan fingerprint density at radius 2 is 2.09 bits per heavy atom. The topological polar surface area (TPSA) is 68.3 Å². The molecule has 5 nitrogen and oxygen atoms in total. The molecule has 1 N–H and O–H groups in total. The summed E-state index contributed by atoms with van der Waals surface area (Å²) < 4.78 is 11.1. The lowest BCUT2D eigenvalue weighted by Crippen LogP contribution is -2.14. The Kier molecular flexibility index (Phi) is 3.94. The van der Waals surface area contributed by atoms with Gasteiger partial charge in [-0.3, -0.25) is 4.79 Å². The van der Waals surface area contributed by atoms with Gasteiger partial charge >= 0.3 is 0 Å². The van der Waals surface area contributed by atoms with E-state index in [-0.39, 0.29) is 11.7 Å². The Balaban J connectivity index is 1.68. The highest BCUT2D eigenvalue weighted by Crippen LogP contribution is 2.27. The molecule has 2 heterocycles. The van der Waals surface area contributed by atoms with Crippen molar-refractivity contribution in [1.29, 1.82) is 0 Å². The first-order valence-electron chi connectivity index (χ1n) is 6.89. The molecule has 2 aromatic heterocycles. The van der Waals surface area contributed by atoms with Crippen LogP contribution in [0.3, 0.4) is 0 Å². The molecule has 0 aliphatic rings. The second-order valence-corrected chi connectivity index (χ2v) is 5.97. The number of furan rings is 1. The van der Waals surface area contributed by atoms with E-state index in [1.54, 1.807) is 0 Å². The van der Waals surface area contributed by atoms with E-state index in [0.29, 0.717) is 16.5 Å². The highest BCUT2D eigenvalue weighted by Gasteiger charge is 2.12. The van der Waals surface area contributed by atoms with Crippen molar-refractivity contribution in [2.24, 2.45) is 0 Å². The second kappa shape index (κ2) is 5.88. The smallest absolute Gasteiger partial charge is 0.256 e. The Labute approximate surface area is 132 Å². The molecule has 3 aromatic rings. The van der Waals surface area contributed by atoms with Crippen LogP contribution in [0.2, 0.25) is 0 Å². The van der Waals surface area contributed by atoms with Gasteiger partial charge in [-0.15, -0.1) is 0 Å². The number of carbonyl (C=O) groups is 1. The zero-order valence-electron chi connectivity index (χ0n) is 12.6. The molecule has 0 unspecified atom stereocenters. The predicted molar refractivity (Wildman–Crippen MR) is 86.3 cm³/mol. The van der Waals surface area contributed by atoms with Gasteiger partial charge in [0.2, 0.25) is 5.91 Å². The highest BCUT2D eigenvalue weighted by molar-refractivity contribution is 7.99. The van der Waals surface area contributed by atoms with Gasteiger partial charge in [0, 0.05) is 5.39 Å². The van der Waals surface area contributed by atoms with Crippen LogP contribution in [0.15, 0.2) is 38.3 Å². The third kappa shape index (κ3) is 3.01. The summed E-state index contributed by atoms with van der Waals surface area (Å²) in [5, 5.41) is 4.35. The maximum atomic E-state index is 12.1. The molecular weight excluding hydrogens is 300 g/mol. The average molecular weight is 316 g/mol. The van der Waals surface area contributed by atoms with Crippen LogP contribution in [0.25, 0.3) is 11.0 Å². The minimum Gasteiger partial charge on any atom is -0.459 e. The van der Waals surface area contributed by atoms with Crippen LogP contribution in [0.1, 0.15) is 17.2 Å². The largest absolute Gasteiger partial charge is 0.459 e. The summed E-state index contributed by atoms with van der Waals surface area (Å²) in [4.78, 5) is 16.3. The van der Waals surface area contributed by atoms with E-state index < -0.39 is 0 Å². The number of aromatic nitrogens is 1. The SMILES string of the molecule is Cc1cc2cccc(NC(=O)CSc3nc(C)c(C)o3)c2o1. The monoisotopic (exact) mass is 316 g/mol.